The summed E-state index contributed by atoms with van der Waals surface area (Å²) in [6.45, 7) is 2.34. The standard InChI is InChI=1S/C18H24FN3O2/c19-15-7-5-13(6-8-15)17(23)21-9-1-3-14(12-21)18(24)22-10-2-4-16(22)11-20/h5-8,14,16H,1-4,9-12,20H2. The molecule has 0 spiro atoms. The highest BCUT2D eigenvalue weighted by molar-refractivity contribution is 5.94. The number of hydrogen-bond acceptors (Lipinski definition) is 3. The SMILES string of the molecule is NCC1CCCN1C(=O)C1CCCN(C(=O)c2ccc(F)cc2)C1. The number of nitrogens with two attached hydrogens (primary N) is 1. The quantitative estimate of drug-likeness (QED) is 0.914. The van der Waals surface area contributed by atoms with Crippen LogP contribution in [0.2, 0.25) is 0 Å². The lowest BCUT2D eigenvalue weighted by Crippen LogP contribution is -2.49. The van der Waals surface area contributed by atoms with Gasteiger partial charge in [-0.25, -0.2) is 4.39 Å². The van der Waals surface area contributed by atoms with Crippen molar-refractivity contribution in [1.29, 1.82) is 0 Å². The van der Waals surface area contributed by atoms with Crippen molar-refractivity contribution in [1.82, 2.24) is 9.80 Å². The van der Waals surface area contributed by atoms with Crippen molar-refractivity contribution in [2.75, 3.05) is 26.2 Å². The minimum atomic E-state index is -0.361. The zero-order chi connectivity index (χ0) is 17.1. The molecule has 0 aromatic heterocycles. The van der Waals surface area contributed by atoms with E-state index in [1.807, 2.05) is 4.90 Å². The number of likely N-dealkylation sites (tertiary alicyclic amines) is 2. The van der Waals surface area contributed by atoms with E-state index in [1.54, 1.807) is 4.90 Å². The molecular weight excluding hydrogens is 309 g/mol. The van der Waals surface area contributed by atoms with Crippen LogP contribution < -0.4 is 5.73 Å². The summed E-state index contributed by atoms with van der Waals surface area (Å²) in [6, 6.07) is 5.70. The third-order valence-electron chi connectivity index (χ3n) is 5.08. The number of carbonyl (C=O) groups excluding carboxylic acids is 2. The smallest absolute Gasteiger partial charge is 0.253 e. The van der Waals surface area contributed by atoms with E-state index in [1.165, 1.54) is 24.3 Å². The summed E-state index contributed by atoms with van der Waals surface area (Å²) in [5.74, 6) is -0.528. The van der Waals surface area contributed by atoms with E-state index in [0.29, 0.717) is 25.2 Å². The Hall–Kier alpha value is -1.95. The zero-order valence-corrected chi connectivity index (χ0v) is 13.8. The Morgan fingerprint density at radius 3 is 2.54 bits per heavy atom. The average Bonchev–Trinajstić information content (AvgIpc) is 3.10. The number of amides is 2. The zero-order valence-electron chi connectivity index (χ0n) is 13.8. The molecule has 24 heavy (non-hydrogen) atoms. The normalized spacial score (nSPS) is 24.2. The molecule has 0 radical (unpaired) electrons. The van der Waals surface area contributed by atoms with Gasteiger partial charge in [0, 0.05) is 37.8 Å². The lowest BCUT2D eigenvalue weighted by atomic mass is 9.95. The summed E-state index contributed by atoms with van der Waals surface area (Å²) in [7, 11) is 0. The summed E-state index contributed by atoms with van der Waals surface area (Å²) in [4.78, 5) is 29.0. The molecule has 2 atom stereocenters. The van der Waals surface area contributed by atoms with E-state index in [9.17, 15) is 14.0 Å². The first kappa shape index (κ1) is 16.9. The van der Waals surface area contributed by atoms with Crippen molar-refractivity contribution in [2.24, 2.45) is 11.7 Å². The monoisotopic (exact) mass is 333 g/mol. The molecule has 1 aromatic rings. The van der Waals surface area contributed by atoms with Crippen LogP contribution in [0, 0.1) is 11.7 Å². The third-order valence-corrected chi connectivity index (χ3v) is 5.08. The number of benzene rings is 1. The van der Waals surface area contributed by atoms with Crippen molar-refractivity contribution >= 4 is 11.8 Å². The molecule has 0 saturated carbocycles. The molecule has 2 N–H and O–H groups in total. The number of halogens is 1. The fraction of sp³-hybridized carbons (Fsp3) is 0.556. The molecule has 2 heterocycles. The van der Waals surface area contributed by atoms with Gasteiger partial charge in [0.1, 0.15) is 5.82 Å². The summed E-state index contributed by atoms with van der Waals surface area (Å²) >= 11 is 0. The summed E-state index contributed by atoms with van der Waals surface area (Å²) in [6.07, 6.45) is 3.58. The van der Waals surface area contributed by atoms with E-state index in [4.69, 9.17) is 5.73 Å². The van der Waals surface area contributed by atoms with Gasteiger partial charge in [-0.3, -0.25) is 9.59 Å². The Morgan fingerprint density at radius 2 is 1.83 bits per heavy atom. The van der Waals surface area contributed by atoms with Crippen molar-refractivity contribution < 1.29 is 14.0 Å². The predicted molar refractivity (Wildman–Crippen MR) is 88.8 cm³/mol. The highest BCUT2D eigenvalue weighted by Gasteiger charge is 2.35. The molecule has 1 aromatic carbocycles. The van der Waals surface area contributed by atoms with Crippen molar-refractivity contribution in [3.05, 3.63) is 35.6 Å². The fourth-order valence-corrected chi connectivity index (χ4v) is 3.74. The first-order valence-corrected chi connectivity index (χ1v) is 8.65. The maximum absolute atomic E-state index is 13.0. The van der Waals surface area contributed by atoms with Crippen LogP contribution in [0.3, 0.4) is 0 Å². The fourth-order valence-electron chi connectivity index (χ4n) is 3.74. The highest BCUT2D eigenvalue weighted by atomic mass is 19.1. The molecule has 2 amide bonds. The highest BCUT2D eigenvalue weighted by Crippen LogP contribution is 2.25. The van der Waals surface area contributed by atoms with E-state index < -0.39 is 0 Å². The molecule has 2 aliphatic heterocycles. The second-order valence-corrected chi connectivity index (χ2v) is 6.66. The molecule has 2 saturated heterocycles. The second kappa shape index (κ2) is 7.30. The Morgan fingerprint density at radius 1 is 1.12 bits per heavy atom. The minimum Gasteiger partial charge on any atom is -0.338 e. The lowest BCUT2D eigenvalue weighted by Gasteiger charge is -2.35. The Kier molecular flexibility index (Phi) is 5.14. The van der Waals surface area contributed by atoms with Gasteiger partial charge in [-0.05, 0) is 49.9 Å². The van der Waals surface area contributed by atoms with Crippen LogP contribution in [0.5, 0.6) is 0 Å². The number of piperidine rings is 1. The van der Waals surface area contributed by atoms with E-state index in [2.05, 4.69) is 0 Å². The molecule has 2 fully saturated rings. The first-order chi connectivity index (χ1) is 11.6. The molecule has 6 heteroatoms. The van der Waals surface area contributed by atoms with Gasteiger partial charge in [0.15, 0.2) is 0 Å². The largest absolute Gasteiger partial charge is 0.338 e. The van der Waals surface area contributed by atoms with Crippen molar-refractivity contribution in [3.63, 3.8) is 0 Å². The molecular formula is C18H24FN3O2. The minimum absolute atomic E-state index is 0.125. The van der Waals surface area contributed by atoms with Gasteiger partial charge in [-0.15, -0.1) is 0 Å². The molecule has 0 bridgehead atoms. The molecule has 3 rings (SSSR count). The van der Waals surface area contributed by atoms with E-state index >= 15 is 0 Å². The predicted octanol–water partition coefficient (Wildman–Crippen LogP) is 1.63. The molecule has 2 aliphatic rings. The van der Waals surface area contributed by atoms with Gasteiger partial charge in [-0.1, -0.05) is 0 Å². The molecule has 0 aliphatic carbocycles. The van der Waals surface area contributed by atoms with Crippen LogP contribution in [0.1, 0.15) is 36.0 Å². The van der Waals surface area contributed by atoms with E-state index in [0.717, 1.165) is 32.2 Å². The molecule has 5 nitrogen and oxygen atoms in total. The van der Waals surface area contributed by atoms with Gasteiger partial charge in [-0.2, -0.15) is 0 Å². The number of hydrogen-bond donors (Lipinski definition) is 1. The van der Waals surface area contributed by atoms with Crippen molar-refractivity contribution in [3.8, 4) is 0 Å². The summed E-state index contributed by atoms with van der Waals surface area (Å²) < 4.78 is 13.0. The Balaban J connectivity index is 1.66. The second-order valence-electron chi connectivity index (χ2n) is 6.66. The summed E-state index contributed by atoms with van der Waals surface area (Å²) in [5, 5.41) is 0. The Labute approximate surface area is 141 Å². The van der Waals surface area contributed by atoms with Crippen LogP contribution in [-0.2, 0) is 4.79 Å². The number of carbonyl (C=O) groups is 2. The number of nitrogens with zero attached hydrogens (tertiary/aromatic N) is 2. The Bertz CT molecular complexity index is 605. The molecule has 2 unspecified atom stereocenters. The van der Waals surface area contributed by atoms with Crippen LogP contribution in [0.15, 0.2) is 24.3 Å². The van der Waals surface area contributed by atoms with Gasteiger partial charge in [0.2, 0.25) is 5.91 Å². The number of rotatable bonds is 3. The average molecular weight is 333 g/mol. The van der Waals surface area contributed by atoms with E-state index in [-0.39, 0.29) is 29.6 Å². The molecule has 130 valence electrons. The van der Waals surface area contributed by atoms with Crippen LogP contribution in [-0.4, -0.2) is 53.8 Å². The summed E-state index contributed by atoms with van der Waals surface area (Å²) in [5.41, 5.74) is 6.23. The van der Waals surface area contributed by atoms with Gasteiger partial charge < -0.3 is 15.5 Å². The van der Waals surface area contributed by atoms with Gasteiger partial charge >= 0.3 is 0 Å². The van der Waals surface area contributed by atoms with Crippen LogP contribution in [0.4, 0.5) is 4.39 Å². The topological polar surface area (TPSA) is 66.6 Å². The van der Waals surface area contributed by atoms with Crippen LogP contribution >= 0.6 is 0 Å². The lowest BCUT2D eigenvalue weighted by molar-refractivity contribution is -0.137. The van der Waals surface area contributed by atoms with Gasteiger partial charge in [0.25, 0.3) is 5.91 Å². The maximum Gasteiger partial charge on any atom is 0.253 e. The van der Waals surface area contributed by atoms with Gasteiger partial charge in [0.05, 0.1) is 5.92 Å². The van der Waals surface area contributed by atoms with Crippen molar-refractivity contribution in [2.45, 2.75) is 31.7 Å². The van der Waals surface area contributed by atoms with Crippen LogP contribution in [0.25, 0.3) is 0 Å². The first-order valence-electron chi connectivity index (χ1n) is 8.65. The maximum atomic E-state index is 13.0. The third kappa shape index (κ3) is 3.43.